The van der Waals surface area contributed by atoms with Crippen LogP contribution >= 0.6 is 0 Å². The maximum atomic E-state index is 12.0. The molecule has 4 bridgehead atoms. The third kappa shape index (κ3) is 3.99. The fourth-order valence-electron chi connectivity index (χ4n) is 6.16. The van der Waals surface area contributed by atoms with Crippen LogP contribution < -0.4 is 5.32 Å². The average molecular weight is 358 g/mol. The molecule has 0 atom stereocenters. The number of carbonyl (C=O) groups excluding carboxylic acids is 1. The van der Waals surface area contributed by atoms with E-state index >= 15 is 0 Å². The average Bonchev–Trinajstić information content (AvgIpc) is 3.07. The maximum Gasteiger partial charge on any atom is 0.220 e. The molecule has 1 aromatic rings. The Labute approximate surface area is 157 Å². The lowest BCUT2D eigenvalue weighted by atomic mass is 9.52. The summed E-state index contributed by atoms with van der Waals surface area (Å²) in [6.45, 7) is 3.03. The predicted molar refractivity (Wildman–Crippen MR) is 104 cm³/mol. The number of hydrogen-bond acceptors (Lipinski definition) is 2. The lowest BCUT2D eigenvalue weighted by Crippen LogP contribution is -2.44. The zero-order valence-electron chi connectivity index (χ0n) is 16.3. The number of imidazole rings is 1. The number of rotatable bonds is 9. The minimum absolute atomic E-state index is 0.173. The molecule has 0 aliphatic heterocycles. The summed E-state index contributed by atoms with van der Waals surface area (Å²) < 4.78 is 0. The van der Waals surface area contributed by atoms with Crippen LogP contribution in [0.15, 0.2) is 6.20 Å². The Morgan fingerprint density at radius 1 is 1.12 bits per heavy atom. The van der Waals surface area contributed by atoms with Crippen molar-refractivity contribution in [2.75, 3.05) is 6.54 Å². The van der Waals surface area contributed by atoms with Gasteiger partial charge in [0, 0.05) is 30.8 Å². The molecule has 0 radical (unpaired) electrons. The summed E-state index contributed by atoms with van der Waals surface area (Å²) in [5, 5.41) is 3.05. The summed E-state index contributed by atoms with van der Waals surface area (Å²) in [4.78, 5) is 20.4. The van der Waals surface area contributed by atoms with Crippen molar-refractivity contribution in [3.63, 3.8) is 0 Å². The number of unbranched alkanes of at least 4 members (excludes halogenated alkanes) is 3. The predicted octanol–water partition coefficient (Wildman–Crippen LogP) is 4.58. The van der Waals surface area contributed by atoms with E-state index in [1.165, 1.54) is 57.2 Å². The molecule has 0 aromatic carbocycles. The van der Waals surface area contributed by atoms with E-state index in [0.717, 1.165) is 48.8 Å². The molecule has 26 heavy (non-hydrogen) atoms. The first-order chi connectivity index (χ1) is 12.7. The van der Waals surface area contributed by atoms with Crippen molar-refractivity contribution in [2.24, 2.45) is 23.7 Å². The van der Waals surface area contributed by atoms with Crippen LogP contribution in [0.1, 0.15) is 88.6 Å². The van der Waals surface area contributed by atoms with Gasteiger partial charge in [0.25, 0.3) is 0 Å². The van der Waals surface area contributed by atoms with E-state index in [9.17, 15) is 4.79 Å². The molecule has 1 aromatic heterocycles. The van der Waals surface area contributed by atoms with Crippen molar-refractivity contribution in [1.29, 1.82) is 0 Å². The molecule has 0 spiro atoms. The molecule has 1 heterocycles. The Balaban J connectivity index is 1.24. The van der Waals surface area contributed by atoms with Gasteiger partial charge < -0.3 is 10.3 Å². The van der Waals surface area contributed by atoms with Gasteiger partial charge in [-0.25, -0.2) is 4.98 Å². The van der Waals surface area contributed by atoms with E-state index in [2.05, 4.69) is 17.2 Å². The summed E-state index contributed by atoms with van der Waals surface area (Å²) in [7, 11) is 0. The fraction of sp³-hybridized carbons (Fsp3) is 0.818. The SMILES string of the molecule is CCCCCCNC(=O)CCc1cnc(C2C3CC4CC(C3)CC2C4)[nH]1. The molecule has 4 saturated carbocycles. The molecule has 1 amide bonds. The first kappa shape index (κ1) is 18.1. The van der Waals surface area contributed by atoms with Crippen LogP contribution in [0, 0.1) is 23.7 Å². The minimum atomic E-state index is 0.173. The lowest BCUT2D eigenvalue weighted by molar-refractivity contribution is -0.121. The Bertz CT molecular complexity index is 580. The molecule has 2 N–H and O–H groups in total. The molecule has 4 aliphatic carbocycles. The van der Waals surface area contributed by atoms with E-state index in [1.54, 1.807) is 0 Å². The highest BCUT2D eigenvalue weighted by atomic mass is 16.1. The van der Waals surface area contributed by atoms with Gasteiger partial charge in [-0.3, -0.25) is 4.79 Å². The summed E-state index contributed by atoms with van der Waals surface area (Å²) >= 11 is 0. The normalized spacial score (nSPS) is 32.1. The fourth-order valence-corrected chi connectivity index (χ4v) is 6.16. The molecule has 0 saturated heterocycles. The largest absolute Gasteiger partial charge is 0.356 e. The third-order valence-corrected chi connectivity index (χ3v) is 7.16. The van der Waals surface area contributed by atoms with Crippen LogP contribution in [0.25, 0.3) is 0 Å². The number of H-pyrrole nitrogens is 1. The van der Waals surface area contributed by atoms with Crippen LogP contribution in [-0.4, -0.2) is 22.4 Å². The highest BCUT2D eigenvalue weighted by Crippen LogP contribution is 2.59. The Hall–Kier alpha value is -1.32. The van der Waals surface area contributed by atoms with E-state index in [1.807, 2.05) is 6.20 Å². The van der Waals surface area contributed by atoms with E-state index in [4.69, 9.17) is 4.98 Å². The summed E-state index contributed by atoms with van der Waals surface area (Å²) in [6.07, 6.45) is 15.3. The number of aryl methyl sites for hydroxylation is 1. The number of aromatic nitrogens is 2. The van der Waals surface area contributed by atoms with Crippen molar-refractivity contribution in [3.05, 3.63) is 17.7 Å². The van der Waals surface area contributed by atoms with Crippen LogP contribution in [-0.2, 0) is 11.2 Å². The van der Waals surface area contributed by atoms with Gasteiger partial charge in [-0.05, 0) is 68.6 Å². The van der Waals surface area contributed by atoms with Gasteiger partial charge in [-0.15, -0.1) is 0 Å². The monoisotopic (exact) mass is 357 g/mol. The smallest absolute Gasteiger partial charge is 0.220 e. The lowest BCUT2D eigenvalue weighted by Gasteiger charge is -2.53. The zero-order chi connectivity index (χ0) is 17.9. The second kappa shape index (κ2) is 8.14. The van der Waals surface area contributed by atoms with Crippen LogP contribution in [0.4, 0.5) is 0 Å². The molecule has 4 aliphatic rings. The van der Waals surface area contributed by atoms with Gasteiger partial charge in [0.1, 0.15) is 5.82 Å². The highest BCUT2D eigenvalue weighted by molar-refractivity contribution is 5.76. The zero-order valence-corrected chi connectivity index (χ0v) is 16.3. The number of carbonyl (C=O) groups is 1. The van der Waals surface area contributed by atoms with Crippen LogP contribution in [0.3, 0.4) is 0 Å². The van der Waals surface area contributed by atoms with E-state index in [-0.39, 0.29) is 5.91 Å². The third-order valence-electron chi connectivity index (χ3n) is 7.16. The molecule has 5 rings (SSSR count). The molecule has 4 fully saturated rings. The van der Waals surface area contributed by atoms with E-state index in [0.29, 0.717) is 12.3 Å². The molecule has 0 unspecified atom stereocenters. The van der Waals surface area contributed by atoms with Gasteiger partial charge in [0.2, 0.25) is 5.91 Å². The molecule has 4 nitrogen and oxygen atoms in total. The van der Waals surface area contributed by atoms with Gasteiger partial charge in [-0.1, -0.05) is 26.2 Å². The minimum Gasteiger partial charge on any atom is -0.356 e. The van der Waals surface area contributed by atoms with Crippen LogP contribution in [0.5, 0.6) is 0 Å². The van der Waals surface area contributed by atoms with Crippen LogP contribution in [0.2, 0.25) is 0 Å². The van der Waals surface area contributed by atoms with Crippen molar-refractivity contribution >= 4 is 5.91 Å². The molecule has 4 heteroatoms. The molecular weight excluding hydrogens is 322 g/mol. The van der Waals surface area contributed by atoms with Gasteiger partial charge in [0.05, 0.1) is 0 Å². The first-order valence-electron chi connectivity index (χ1n) is 11.0. The second-order valence-electron chi connectivity index (χ2n) is 9.16. The van der Waals surface area contributed by atoms with Crippen molar-refractivity contribution in [3.8, 4) is 0 Å². The number of amides is 1. The van der Waals surface area contributed by atoms with Gasteiger partial charge >= 0.3 is 0 Å². The molecule has 144 valence electrons. The number of hydrogen-bond donors (Lipinski definition) is 2. The first-order valence-corrected chi connectivity index (χ1v) is 11.0. The number of nitrogens with zero attached hydrogens (tertiary/aromatic N) is 1. The Morgan fingerprint density at radius 3 is 2.54 bits per heavy atom. The summed E-state index contributed by atoms with van der Waals surface area (Å²) in [6, 6.07) is 0. The topological polar surface area (TPSA) is 57.8 Å². The second-order valence-corrected chi connectivity index (χ2v) is 9.16. The van der Waals surface area contributed by atoms with Crippen molar-refractivity contribution in [2.45, 2.75) is 83.5 Å². The number of aromatic amines is 1. The Kier molecular flexibility index (Phi) is 5.66. The summed E-state index contributed by atoms with van der Waals surface area (Å²) in [5.74, 6) is 5.77. The summed E-state index contributed by atoms with van der Waals surface area (Å²) in [5.41, 5.74) is 1.13. The quantitative estimate of drug-likeness (QED) is 0.636. The highest BCUT2D eigenvalue weighted by Gasteiger charge is 2.49. The van der Waals surface area contributed by atoms with E-state index < -0.39 is 0 Å². The standard InChI is InChI=1S/C22H35N3O/c1-2-3-4-5-8-23-20(26)7-6-19-14-24-22(25-19)21-17-10-15-9-16(12-17)13-18(21)11-15/h14-18,21H,2-13H2,1H3,(H,23,26)(H,24,25). The van der Waals surface area contributed by atoms with Gasteiger partial charge in [-0.2, -0.15) is 0 Å². The van der Waals surface area contributed by atoms with Gasteiger partial charge in [0.15, 0.2) is 0 Å². The number of nitrogens with one attached hydrogen (secondary N) is 2. The maximum absolute atomic E-state index is 12.0. The van der Waals surface area contributed by atoms with Crippen molar-refractivity contribution in [1.82, 2.24) is 15.3 Å². The molecular formula is C22H35N3O. The Morgan fingerprint density at radius 2 is 1.85 bits per heavy atom. The van der Waals surface area contributed by atoms with Crippen molar-refractivity contribution < 1.29 is 4.79 Å².